The van der Waals surface area contributed by atoms with Crippen molar-refractivity contribution in [2.75, 3.05) is 12.4 Å². The number of aromatic nitrogens is 1. The van der Waals surface area contributed by atoms with Crippen LogP contribution in [0.2, 0.25) is 0 Å². The minimum atomic E-state index is -0.253. The number of nitrogens with zero attached hydrogens (tertiary/aromatic N) is 1. The molecule has 0 aliphatic heterocycles. The second-order valence-corrected chi connectivity index (χ2v) is 2.95. The van der Waals surface area contributed by atoms with Gasteiger partial charge in [0, 0.05) is 13.1 Å². The largest absolute Gasteiger partial charge is 0.378 e. The van der Waals surface area contributed by atoms with Crippen molar-refractivity contribution in [1.29, 1.82) is 0 Å². The van der Waals surface area contributed by atoms with E-state index in [1.807, 2.05) is 13.8 Å². The third-order valence-corrected chi connectivity index (χ3v) is 1.46. The summed E-state index contributed by atoms with van der Waals surface area (Å²) in [5, 5.41) is 9.12. The number of anilines is 1. The number of carbonyl (C=O) groups is 1. The lowest BCUT2D eigenvalue weighted by atomic mass is 10.3. The van der Waals surface area contributed by atoms with Crippen molar-refractivity contribution in [1.82, 2.24) is 10.5 Å². The first kappa shape index (κ1) is 9.57. The number of nitrogens with one attached hydrogen (secondary N) is 2. The Morgan fingerprint density at radius 3 is 2.85 bits per heavy atom. The smallest absolute Gasteiger partial charge is 0.275 e. The zero-order valence-corrected chi connectivity index (χ0v) is 7.92. The van der Waals surface area contributed by atoms with Gasteiger partial charge in [-0.2, -0.15) is 0 Å². The fraction of sp³-hybridized carbons (Fsp3) is 0.500. The minimum Gasteiger partial charge on any atom is -0.378 e. The summed E-state index contributed by atoms with van der Waals surface area (Å²) in [6, 6.07) is 0.239. The Morgan fingerprint density at radius 1 is 1.62 bits per heavy atom. The third kappa shape index (κ3) is 2.21. The molecule has 0 aromatic carbocycles. The van der Waals surface area contributed by atoms with E-state index in [-0.39, 0.29) is 17.6 Å². The Kier molecular flexibility index (Phi) is 2.89. The summed E-state index contributed by atoms with van der Waals surface area (Å²) >= 11 is 0. The van der Waals surface area contributed by atoms with Gasteiger partial charge in [-0.3, -0.25) is 4.79 Å². The number of amides is 1. The van der Waals surface area contributed by atoms with E-state index < -0.39 is 0 Å². The van der Waals surface area contributed by atoms with E-state index >= 15 is 0 Å². The number of rotatable bonds is 3. The normalized spacial score (nSPS) is 10.2. The molecule has 0 saturated carbocycles. The maximum atomic E-state index is 11.2. The number of carbonyl (C=O) groups excluding carboxylic acids is 1. The van der Waals surface area contributed by atoms with Gasteiger partial charge in [0.15, 0.2) is 5.69 Å². The standard InChI is InChI=1S/C8H13N3O2/c1-5(2)10-6-4-13-11-7(6)8(12)9-3/h4-5,10H,1-3H3,(H,9,12). The highest BCUT2D eigenvalue weighted by Gasteiger charge is 2.14. The molecule has 0 unspecified atom stereocenters. The van der Waals surface area contributed by atoms with Gasteiger partial charge < -0.3 is 15.2 Å². The quantitative estimate of drug-likeness (QED) is 0.729. The van der Waals surface area contributed by atoms with Crippen molar-refractivity contribution in [3.8, 4) is 0 Å². The maximum Gasteiger partial charge on any atom is 0.275 e. The molecule has 1 rings (SSSR count). The molecule has 0 spiro atoms. The van der Waals surface area contributed by atoms with Crippen molar-refractivity contribution >= 4 is 11.6 Å². The average Bonchev–Trinajstić information content (AvgIpc) is 2.50. The summed E-state index contributed by atoms with van der Waals surface area (Å²) in [6.07, 6.45) is 1.42. The predicted octanol–water partition coefficient (Wildman–Crippen LogP) is 0.854. The van der Waals surface area contributed by atoms with E-state index in [0.717, 1.165) is 0 Å². The van der Waals surface area contributed by atoms with Gasteiger partial charge in [0.2, 0.25) is 0 Å². The van der Waals surface area contributed by atoms with Crippen molar-refractivity contribution in [3.63, 3.8) is 0 Å². The Balaban J connectivity index is 2.83. The molecule has 0 aliphatic carbocycles. The topological polar surface area (TPSA) is 67.2 Å². The molecular weight excluding hydrogens is 170 g/mol. The fourth-order valence-corrected chi connectivity index (χ4v) is 0.932. The Hall–Kier alpha value is -1.52. The summed E-state index contributed by atoms with van der Waals surface area (Å²) in [5.74, 6) is -0.253. The molecule has 0 saturated heterocycles. The van der Waals surface area contributed by atoms with Gasteiger partial charge in [-0.15, -0.1) is 0 Å². The van der Waals surface area contributed by atoms with Crippen LogP contribution in [-0.2, 0) is 0 Å². The van der Waals surface area contributed by atoms with E-state index in [2.05, 4.69) is 15.8 Å². The lowest BCUT2D eigenvalue weighted by Gasteiger charge is -2.07. The molecule has 72 valence electrons. The second kappa shape index (κ2) is 3.93. The summed E-state index contributed by atoms with van der Waals surface area (Å²) in [4.78, 5) is 11.2. The molecule has 0 radical (unpaired) electrons. The second-order valence-electron chi connectivity index (χ2n) is 2.95. The SMILES string of the molecule is CNC(=O)c1nocc1NC(C)C. The van der Waals surface area contributed by atoms with Crippen LogP contribution in [0.4, 0.5) is 5.69 Å². The molecule has 1 heterocycles. The van der Waals surface area contributed by atoms with E-state index in [1.54, 1.807) is 7.05 Å². The molecule has 5 nitrogen and oxygen atoms in total. The highest BCUT2D eigenvalue weighted by atomic mass is 16.5. The van der Waals surface area contributed by atoms with Crippen LogP contribution in [0.15, 0.2) is 10.8 Å². The Labute approximate surface area is 76.5 Å². The molecule has 2 N–H and O–H groups in total. The van der Waals surface area contributed by atoms with Gasteiger partial charge in [-0.25, -0.2) is 0 Å². The van der Waals surface area contributed by atoms with E-state index in [0.29, 0.717) is 5.69 Å². The van der Waals surface area contributed by atoms with E-state index in [1.165, 1.54) is 6.26 Å². The average molecular weight is 183 g/mol. The van der Waals surface area contributed by atoms with Crippen LogP contribution in [0.1, 0.15) is 24.3 Å². The van der Waals surface area contributed by atoms with Crippen molar-refractivity contribution < 1.29 is 9.32 Å². The van der Waals surface area contributed by atoms with E-state index in [9.17, 15) is 4.79 Å². The van der Waals surface area contributed by atoms with Crippen molar-refractivity contribution in [2.24, 2.45) is 0 Å². The van der Waals surface area contributed by atoms with Crippen LogP contribution in [0, 0.1) is 0 Å². The summed E-state index contributed by atoms with van der Waals surface area (Å²) in [7, 11) is 1.55. The van der Waals surface area contributed by atoms with Crippen LogP contribution < -0.4 is 10.6 Å². The molecular formula is C8H13N3O2. The van der Waals surface area contributed by atoms with Crippen LogP contribution in [0.25, 0.3) is 0 Å². The van der Waals surface area contributed by atoms with Gasteiger partial charge in [-0.1, -0.05) is 5.16 Å². The van der Waals surface area contributed by atoms with Crippen LogP contribution in [-0.4, -0.2) is 24.2 Å². The molecule has 1 amide bonds. The maximum absolute atomic E-state index is 11.2. The summed E-state index contributed by atoms with van der Waals surface area (Å²) in [6.45, 7) is 3.95. The predicted molar refractivity (Wildman–Crippen MR) is 48.7 cm³/mol. The lowest BCUT2D eigenvalue weighted by molar-refractivity contribution is 0.0955. The first-order chi connectivity index (χ1) is 6.15. The molecule has 0 fully saturated rings. The van der Waals surface area contributed by atoms with Crippen LogP contribution in [0.3, 0.4) is 0 Å². The summed E-state index contributed by atoms with van der Waals surface area (Å²) < 4.78 is 4.70. The highest BCUT2D eigenvalue weighted by molar-refractivity contribution is 5.97. The van der Waals surface area contributed by atoms with Crippen LogP contribution in [0.5, 0.6) is 0 Å². The zero-order chi connectivity index (χ0) is 9.84. The fourth-order valence-electron chi connectivity index (χ4n) is 0.932. The zero-order valence-electron chi connectivity index (χ0n) is 7.92. The number of hydrogen-bond acceptors (Lipinski definition) is 4. The molecule has 13 heavy (non-hydrogen) atoms. The third-order valence-electron chi connectivity index (χ3n) is 1.46. The first-order valence-corrected chi connectivity index (χ1v) is 4.08. The van der Waals surface area contributed by atoms with Gasteiger partial charge in [0.25, 0.3) is 5.91 Å². The van der Waals surface area contributed by atoms with Crippen LogP contribution >= 0.6 is 0 Å². The lowest BCUT2D eigenvalue weighted by Crippen LogP contribution is -2.21. The Bertz CT molecular complexity index is 293. The van der Waals surface area contributed by atoms with Gasteiger partial charge in [0.05, 0.1) is 0 Å². The summed E-state index contributed by atoms with van der Waals surface area (Å²) in [5.41, 5.74) is 0.908. The van der Waals surface area contributed by atoms with Gasteiger partial charge in [0.1, 0.15) is 12.0 Å². The van der Waals surface area contributed by atoms with Crippen molar-refractivity contribution in [3.05, 3.63) is 12.0 Å². The minimum absolute atomic E-state index is 0.239. The number of hydrogen-bond donors (Lipinski definition) is 2. The van der Waals surface area contributed by atoms with E-state index in [4.69, 9.17) is 4.52 Å². The highest BCUT2D eigenvalue weighted by Crippen LogP contribution is 2.13. The molecule has 0 bridgehead atoms. The molecule has 0 atom stereocenters. The monoisotopic (exact) mass is 183 g/mol. The molecule has 0 aliphatic rings. The first-order valence-electron chi connectivity index (χ1n) is 4.08. The molecule has 1 aromatic rings. The van der Waals surface area contributed by atoms with Gasteiger partial charge >= 0.3 is 0 Å². The molecule has 1 aromatic heterocycles. The molecule has 5 heteroatoms. The van der Waals surface area contributed by atoms with Gasteiger partial charge in [-0.05, 0) is 13.8 Å². The Morgan fingerprint density at radius 2 is 2.31 bits per heavy atom. The van der Waals surface area contributed by atoms with Crippen molar-refractivity contribution in [2.45, 2.75) is 19.9 Å².